The van der Waals surface area contributed by atoms with Crippen LogP contribution >= 0.6 is 11.6 Å². The number of rotatable bonds is 8. The highest BCUT2D eigenvalue weighted by atomic mass is 35.5. The molecule has 1 N–H and O–H groups in total. The van der Waals surface area contributed by atoms with Crippen molar-refractivity contribution in [1.82, 2.24) is 20.4 Å². The molecule has 1 aromatic heterocycles. The van der Waals surface area contributed by atoms with Gasteiger partial charge in [0, 0.05) is 12.1 Å². The lowest BCUT2D eigenvalue weighted by molar-refractivity contribution is -0.126. The standard InChI is InChI=1S/C23H24ClFN4O3/c24-19-5-1-2-6-20(19)31-13-11-26-23(30)17-4-3-12-29(14-17)15-21-27-22(28-32-21)16-7-9-18(25)10-8-16/h1-2,5-10,17H,3-4,11-15H2,(H,26,30). The number of nitrogens with one attached hydrogen (secondary N) is 1. The molecule has 32 heavy (non-hydrogen) atoms. The average Bonchev–Trinajstić information content (AvgIpc) is 3.26. The largest absolute Gasteiger partial charge is 0.490 e. The van der Waals surface area contributed by atoms with Crippen LogP contribution in [0.25, 0.3) is 11.4 Å². The van der Waals surface area contributed by atoms with Crippen molar-refractivity contribution in [3.8, 4) is 17.1 Å². The van der Waals surface area contributed by atoms with Crippen LogP contribution in [-0.4, -0.2) is 47.2 Å². The first-order chi connectivity index (χ1) is 15.6. The van der Waals surface area contributed by atoms with E-state index in [0.29, 0.717) is 54.3 Å². The molecule has 0 bridgehead atoms. The Morgan fingerprint density at radius 1 is 1.25 bits per heavy atom. The van der Waals surface area contributed by atoms with Gasteiger partial charge in [0.15, 0.2) is 0 Å². The van der Waals surface area contributed by atoms with Crippen LogP contribution in [0.1, 0.15) is 18.7 Å². The summed E-state index contributed by atoms with van der Waals surface area (Å²) < 4.78 is 24.1. The summed E-state index contributed by atoms with van der Waals surface area (Å²) in [6, 6.07) is 13.2. The molecule has 4 rings (SSSR count). The molecule has 168 valence electrons. The summed E-state index contributed by atoms with van der Waals surface area (Å²) in [5.74, 6) is 1.08. The Kier molecular flexibility index (Phi) is 7.34. The molecule has 2 heterocycles. The zero-order chi connectivity index (χ0) is 22.3. The third-order valence-corrected chi connectivity index (χ3v) is 5.61. The Hall–Kier alpha value is -2.97. The van der Waals surface area contributed by atoms with E-state index in [1.54, 1.807) is 24.3 Å². The number of nitrogens with zero attached hydrogens (tertiary/aromatic N) is 3. The second-order valence-corrected chi connectivity index (χ2v) is 8.07. The van der Waals surface area contributed by atoms with Crippen molar-refractivity contribution < 1.29 is 18.4 Å². The molecule has 0 spiro atoms. The van der Waals surface area contributed by atoms with Crippen LogP contribution in [0.5, 0.6) is 5.75 Å². The fourth-order valence-corrected chi connectivity index (χ4v) is 3.87. The van der Waals surface area contributed by atoms with E-state index in [1.165, 1.54) is 12.1 Å². The molecule has 2 aromatic carbocycles. The molecule has 0 saturated carbocycles. The molecular formula is C23H24ClFN4O3. The molecule has 3 aromatic rings. The highest BCUT2D eigenvalue weighted by Gasteiger charge is 2.26. The minimum atomic E-state index is -0.314. The molecule has 1 amide bonds. The normalized spacial score (nSPS) is 16.6. The number of hydrogen-bond acceptors (Lipinski definition) is 6. The maximum Gasteiger partial charge on any atom is 0.241 e. The molecule has 9 heteroatoms. The van der Waals surface area contributed by atoms with Crippen LogP contribution in [0.3, 0.4) is 0 Å². The first-order valence-electron chi connectivity index (χ1n) is 10.5. The lowest BCUT2D eigenvalue weighted by Gasteiger charge is -2.30. The van der Waals surface area contributed by atoms with Gasteiger partial charge in [0.05, 0.1) is 24.0 Å². The second kappa shape index (κ2) is 10.6. The van der Waals surface area contributed by atoms with Gasteiger partial charge in [0.2, 0.25) is 17.6 Å². The molecule has 1 aliphatic heterocycles. The van der Waals surface area contributed by atoms with Crippen LogP contribution in [-0.2, 0) is 11.3 Å². The van der Waals surface area contributed by atoms with Gasteiger partial charge in [-0.1, -0.05) is 28.9 Å². The SMILES string of the molecule is O=C(NCCOc1ccccc1Cl)C1CCCN(Cc2nc(-c3ccc(F)cc3)no2)C1. The summed E-state index contributed by atoms with van der Waals surface area (Å²) in [5.41, 5.74) is 0.691. The van der Waals surface area contributed by atoms with Crippen molar-refractivity contribution in [3.63, 3.8) is 0 Å². The molecule has 1 unspecified atom stereocenters. The van der Waals surface area contributed by atoms with Crippen molar-refractivity contribution in [2.75, 3.05) is 26.2 Å². The Balaban J connectivity index is 1.24. The van der Waals surface area contributed by atoms with E-state index >= 15 is 0 Å². The minimum absolute atomic E-state index is 0.00925. The maximum absolute atomic E-state index is 13.1. The van der Waals surface area contributed by atoms with Crippen molar-refractivity contribution in [2.24, 2.45) is 5.92 Å². The molecule has 0 radical (unpaired) electrons. The predicted molar refractivity (Wildman–Crippen MR) is 118 cm³/mol. The number of halogens is 2. The fraction of sp³-hybridized carbons (Fsp3) is 0.348. The average molecular weight is 459 g/mol. The number of hydrogen-bond donors (Lipinski definition) is 1. The van der Waals surface area contributed by atoms with Crippen molar-refractivity contribution in [2.45, 2.75) is 19.4 Å². The predicted octanol–water partition coefficient (Wildman–Crippen LogP) is 3.94. The lowest BCUT2D eigenvalue weighted by Crippen LogP contribution is -2.43. The fourth-order valence-electron chi connectivity index (χ4n) is 3.68. The Bertz CT molecular complexity index is 1040. The van der Waals surface area contributed by atoms with Crippen LogP contribution < -0.4 is 10.1 Å². The maximum atomic E-state index is 13.1. The molecule has 0 aliphatic carbocycles. The van der Waals surface area contributed by atoms with E-state index in [1.807, 2.05) is 12.1 Å². The van der Waals surface area contributed by atoms with Gasteiger partial charge < -0.3 is 14.6 Å². The first kappa shape index (κ1) is 22.2. The van der Waals surface area contributed by atoms with E-state index in [0.717, 1.165) is 19.4 Å². The topological polar surface area (TPSA) is 80.5 Å². The number of para-hydroxylation sites is 1. The van der Waals surface area contributed by atoms with Crippen LogP contribution in [0.2, 0.25) is 5.02 Å². The van der Waals surface area contributed by atoms with Gasteiger partial charge in [-0.3, -0.25) is 9.69 Å². The van der Waals surface area contributed by atoms with Gasteiger partial charge in [0.1, 0.15) is 18.2 Å². The third kappa shape index (κ3) is 5.83. The molecule has 1 fully saturated rings. The first-order valence-corrected chi connectivity index (χ1v) is 10.9. The van der Waals surface area contributed by atoms with Gasteiger partial charge in [-0.2, -0.15) is 4.98 Å². The zero-order valence-corrected chi connectivity index (χ0v) is 18.2. The number of ether oxygens (including phenoxy) is 1. The molecular weight excluding hydrogens is 435 g/mol. The third-order valence-electron chi connectivity index (χ3n) is 5.30. The summed E-state index contributed by atoms with van der Waals surface area (Å²) in [6.45, 7) is 2.69. The quantitative estimate of drug-likeness (QED) is 0.515. The summed E-state index contributed by atoms with van der Waals surface area (Å²) >= 11 is 6.06. The molecule has 1 saturated heterocycles. The van der Waals surface area contributed by atoms with E-state index in [-0.39, 0.29) is 17.6 Å². The summed E-state index contributed by atoms with van der Waals surface area (Å²) in [7, 11) is 0. The Morgan fingerprint density at radius 3 is 2.88 bits per heavy atom. The zero-order valence-electron chi connectivity index (χ0n) is 17.5. The number of likely N-dealkylation sites (tertiary alicyclic amines) is 1. The van der Waals surface area contributed by atoms with Crippen molar-refractivity contribution >= 4 is 17.5 Å². The van der Waals surface area contributed by atoms with Crippen molar-refractivity contribution in [1.29, 1.82) is 0 Å². The summed E-state index contributed by atoms with van der Waals surface area (Å²) in [6.07, 6.45) is 1.74. The van der Waals surface area contributed by atoms with Gasteiger partial charge in [-0.25, -0.2) is 4.39 Å². The number of aromatic nitrogens is 2. The van der Waals surface area contributed by atoms with Crippen LogP contribution in [0.4, 0.5) is 4.39 Å². The Labute approximate surface area is 190 Å². The van der Waals surface area contributed by atoms with E-state index < -0.39 is 0 Å². The number of carbonyl (C=O) groups excluding carboxylic acids is 1. The molecule has 1 atom stereocenters. The van der Waals surface area contributed by atoms with Gasteiger partial charge >= 0.3 is 0 Å². The highest BCUT2D eigenvalue weighted by molar-refractivity contribution is 6.32. The number of benzene rings is 2. The van der Waals surface area contributed by atoms with Crippen molar-refractivity contribution in [3.05, 3.63) is 65.3 Å². The highest BCUT2D eigenvalue weighted by Crippen LogP contribution is 2.23. The smallest absolute Gasteiger partial charge is 0.241 e. The minimum Gasteiger partial charge on any atom is -0.490 e. The van der Waals surface area contributed by atoms with E-state index in [2.05, 4.69) is 20.4 Å². The van der Waals surface area contributed by atoms with Gasteiger partial charge in [0.25, 0.3) is 0 Å². The van der Waals surface area contributed by atoms with Gasteiger partial charge in [-0.05, 0) is 55.8 Å². The monoisotopic (exact) mass is 458 g/mol. The molecule has 1 aliphatic rings. The van der Waals surface area contributed by atoms with Gasteiger partial charge in [-0.15, -0.1) is 0 Å². The number of carbonyl (C=O) groups is 1. The summed E-state index contributed by atoms with van der Waals surface area (Å²) in [4.78, 5) is 19.1. The van der Waals surface area contributed by atoms with E-state index in [9.17, 15) is 9.18 Å². The number of piperidine rings is 1. The van der Waals surface area contributed by atoms with Crippen LogP contribution in [0, 0.1) is 11.7 Å². The van der Waals surface area contributed by atoms with E-state index in [4.69, 9.17) is 20.9 Å². The number of amides is 1. The molecule has 7 nitrogen and oxygen atoms in total. The van der Waals surface area contributed by atoms with Crippen LogP contribution in [0.15, 0.2) is 53.1 Å². The lowest BCUT2D eigenvalue weighted by atomic mass is 9.97. The Morgan fingerprint density at radius 2 is 2.06 bits per heavy atom. The summed E-state index contributed by atoms with van der Waals surface area (Å²) in [5, 5.41) is 7.47. The second-order valence-electron chi connectivity index (χ2n) is 7.66.